The van der Waals surface area contributed by atoms with Gasteiger partial charge in [-0.25, -0.2) is 0 Å². The zero-order valence-corrected chi connectivity index (χ0v) is 11.2. The molecule has 0 radical (unpaired) electrons. The molecule has 0 N–H and O–H groups in total. The zero-order chi connectivity index (χ0) is 13.1. The van der Waals surface area contributed by atoms with Gasteiger partial charge in [-0.15, -0.1) is 4.99 Å². The van der Waals surface area contributed by atoms with Crippen molar-refractivity contribution in [2.75, 3.05) is 20.1 Å². The highest BCUT2D eigenvalue weighted by molar-refractivity contribution is 6.30. The van der Waals surface area contributed by atoms with Crippen molar-refractivity contribution in [1.82, 2.24) is 9.80 Å². The van der Waals surface area contributed by atoms with Crippen LogP contribution in [0.5, 0.6) is 0 Å². The van der Waals surface area contributed by atoms with Crippen LogP contribution < -0.4 is 0 Å². The average molecular weight is 263 g/mol. The maximum atomic E-state index is 8.74. The van der Waals surface area contributed by atoms with Gasteiger partial charge in [-0.05, 0) is 24.6 Å². The van der Waals surface area contributed by atoms with E-state index in [1.165, 1.54) is 5.56 Å². The first kappa shape index (κ1) is 12.7. The van der Waals surface area contributed by atoms with Crippen molar-refractivity contribution in [3.8, 4) is 6.19 Å². The standard InChI is InChI=1S/C13H15ClN4/c1-10(11-3-5-12(14)6-4-11)18-8-7-17(2)13(18)16-9-15/h3-6,10H,7-8H2,1-2H3. The molecule has 94 valence electrons. The van der Waals surface area contributed by atoms with E-state index in [-0.39, 0.29) is 6.04 Å². The second-order valence-corrected chi connectivity index (χ2v) is 4.79. The molecule has 2 rings (SSSR count). The van der Waals surface area contributed by atoms with Crippen LogP contribution in [-0.2, 0) is 0 Å². The lowest BCUT2D eigenvalue weighted by atomic mass is 10.1. The first-order valence-corrected chi connectivity index (χ1v) is 6.21. The molecular weight excluding hydrogens is 248 g/mol. The fourth-order valence-electron chi connectivity index (χ4n) is 2.16. The Morgan fingerprint density at radius 1 is 1.33 bits per heavy atom. The summed E-state index contributed by atoms with van der Waals surface area (Å²) in [5, 5.41) is 9.47. The lowest BCUT2D eigenvalue weighted by Crippen LogP contribution is -2.33. The van der Waals surface area contributed by atoms with E-state index in [1.807, 2.05) is 42.4 Å². The van der Waals surface area contributed by atoms with Crippen LogP contribution in [0.1, 0.15) is 18.5 Å². The van der Waals surface area contributed by atoms with E-state index in [9.17, 15) is 0 Å². The third-order valence-electron chi connectivity index (χ3n) is 3.24. The van der Waals surface area contributed by atoms with Crippen molar-refractivity contribution in [1.29, 1.82) is 5.26 Å². The van der Waals surface area contributed by atoms with Crippen LogP contribution in [0.25, 0.3) is 0 Å². The number of guanidine groups is 1. The Morgan fingerprint density at radius 3 is 2.61 bits per heavy atom. The zero-order valence-electron chi connectivity index (χ0n) is 10.5. The van der Waals surface area contributed by atoms with Crippen molar-refractivity contribution in [3.05, 3.63) is 34.9 Å². The topological polar surface area (TPSA) is 42.6 Å². The predicted octanol–water partition coefficient (Wildman–Crippen LogP) is 2.49. The molecular formula is C13H15ClN4. The minimum absolute atomic E-state index is 0.180. The van der Waals surface area contributed by atoms with Crippen molar-refractivity contribution >= 4 is 17.6 Å². The van der Waals surface area contributed by atoms with Gasteiger partial charge in [-0.2, -0.15) is 5.26 Å². The number of likely N-dealkylation sites (N-methyl/N-ethyl adjacent to an activating group) is 1. The van der Waals surface area contributed by atoms with Crippen LogP contribution in [0, 0.1) is 11.5 Å². The Hall–Kier alpha value is -1.73. The molecule has 0 amide bonds. The van der Waals surface area contributed by atoms with Crippen LogP contribution in [0.4, 0.5) is 0 Å². The quantitative estimate of drug-likeness (QED) is 0.769. The minimum atomic E-state index is 0.180. The monoisotopic (exact) mass is 262 g/mol. The summed E-state index contributed by atoms with van der Waals surface area (Å²) < 4.78 is 0. The van der Waals surface area contributed by atoms with Gasteiger partial charge in [0.15, 0.2) is 0 Å². The lowest BCUT2D eigenvalue weighted by Gasteiger charge is -2.26. The molecule has 5 heteroatoms. The summed E-state index contributed by atoms with van der Waals surface area (Å²) in [5.41, 5.74) is 1.17. The highest BCUT2D eigenvalue weighted by Crippen LogP contribution is 2.25. The molecule has 1 aromatic carbocycles. The number of hydrogen-bond donors (Lipinski definition) is 0. The molecule has 18 heavy (non-hydrogen) atoms. The normalized spacial score (nSPS) is 19.1. The van der Waals surface area contributed by atoms with E-state index < -0.39 is 0 Å². The molecule has 1 unspecified atom stereocenters. The van der Waals surface area contributed by atoms with Gasteiger partial charge in [0, 0.05) is 25.2 Å². The van der Waals surface area contributed by atoms with Gasteiger partial charge >= 0.3 is 0 Å². The largest absolute Gasteiger partial charge is 0.343 e. The van der Waals surface area contributed by atoms with Crippen molar-refractivity contribution in [3.63, 3.8) is 0 Å². The molecule has 1 atom stereocenters. The smallest absolute Gasteiger partial charge is 0.212 e. The van der Waals surface area contributed by atoms with Gasteiger partial charge in [0.2, 0.25) is 12.2 Å². The number of nitriles is 1. The summed E-state index contributed by atoms with van der Waals surface area (Å²) in [5.74, 6) is 0.736. The number of benzene rings is 1. The summed E-state index contributed by atoms with van der Waals surface area (Å²) in [7, 11) is 1.95. The van der Waals surface area contributed by atoms with Crippen molar-refractivity contribution in [2.24, 2.45) is 4.99 Å². The third kappa shape index (κ3) is 2.41. The molecule has 1 aromatic rings. The number of nitrogens with zero attached hydrogens (tertiary/aromatic N) is 4. The Kier molecular flexibility index (Phi) is 3.73. The Balaban J connectivity index is 2.24. The Bertz CT molecular complexity index is 489. The highest BCUT2D eigenvalue weighted by Gasteiger charge is 2.28. The molecule has 0 aliphatic carbocycles. The number of hydrogen-bond acceptors (Lipinski definition) is 2. The van der Waals surface area contributed by atoms with Crippen molar-refractivity contribution in [2.45, 2.75) is 13.0 Å². The minimum Gasteiger partial charge on any atom is -0.343 e. The molecule has 1 aliphatic rings. The fraction of sp³-hybridized carbons (Fsp3) is 0.385. The van der Waals surface area contributed by atoms with Gasteiger partial charge in [-0.1, -0.05) is 23.7 Å². The average Bonchev–Trinajstić information content (AvgIpc) is 2.72. The van der Waals surface area contributed by atoms with E-state index in [4.69, 9.17) is 16.9 Å². The molecule has 1 saturated heterocycles. The van der Waals surface area contributed by atoms with Crippen LogP contribution >= 0.6 is 11.6 Å². The van der Waals surface area contributed by atoms with Gasteiger partial charge in [0.1, 0.15) is 0 Å². The lowest BCUT2D eigenvalue weighted by molar-refractivity contribution is 0.370. The number of aliphatic imine (C=N–C) groups is 1. The summed E-state index contributed by atoms with van der Waals surface area (Å²) in [6.45, 7) is 3.87. The van der Waals surface area contributed by atoms with E-state index in [0.29, 0.717) is 0 Å². The molecule has 1 aliphatic heterocycles. The van der Waals surface area contributed by atoms with Crippen LogP contribution in [0.15, 0.2) is 29.3 Å². The van der Waals surface area contributed by atoms with Crippen LogP contribution in [0.2, 0.25) is 5.02 Å². The van der Waals surface area contributed by atoms with Gasteiger partial charge in [-0.3, -0.25) is 0 Å². The molecule has 0 saturated carbocycles. The maximum absolute atomic E-state index is 8.74. The molecule has 0 bridgehead atoms. The van der Waals surface area contributed by atoms with Gasteiger partial charge < -0.3 is 9.80 Å². The van der Waals surface area contributed by atoms with Crippen LogP contribution in [-0.4, -0.2) is 35.9 Å². The molecule has 1 heterocycles. The van der Waals surface area contributed by atoms with E-state index in [1.54, 1.807) is 0 Å². The summed E-state index contributed by atoms with van der Waals surface area (Å²) >= 11 is 5.89. The van der Waals surface area contributed by atoms with E-state index >= 15 is 0 Å². The molecule has 1 fully saturated rings. The first-order chi connectivity index (χ1) is 8.63. The molecule has 0 aromatic heterocycles. The Morgan fingerprint density at radius 2 is 2.00 bits per heavy atom. The van der Waals surface area contributed by atoms with Crippen molar-refractivity contribution < 1.29 is 0 Å². The third-order valence-corrected chi connectivity index (χ3v) is 3.50. The summed E-state index contributed by atoms with van der Waals surface area (Å²) in [6.07, 6.45) is 1.87. The van der Waals surface area contributed by atoms with Gasteiger partial charge in [0.05, 0.1) is 6.04 Å². The molecule has 4 nitrogen and oxygen atoms in total. The number of rotatable bonds is 2. The van der Waals surface area contributed by atoms with E-state index in [0.717, 1.165) is 24.1 Å². The SMILES string of the molecule is CC(c1ccc(Cl)cc1)N1CCN(C)C1=NC#N. The second-order valence-electron chi connectivity index (χ2n) is 4.35. The summed E-state index contributed by atoms with van der Waals surface area (Å²) in [6, 6.07) is 7.96. The second kappa shape index (κ2) is 5.28. The predicted molar refractivity (Wildman–Crippen MR) is 72.3 cm³/mol. The summed E-state index contributed by atoms with van der Waals surface area (Å²) in [4.78, 5) is 8.03. The fourth-order valence-corrected chi connectivity index (χ4v) is 2.29. The molecule has 0 spiro atoms. The van der Waals surface area contributed by atoms with Gasteiger partial charge in [0.25, 0.3) is 0 Å². The maximum Gasteiger partial charge on any atom is 0.212 e. The number of halogens is 1. The Labute approximate surface area is 112 Å². The van der Waals surface area contributed by atoms with E-state index in [2.05, 4.69) is 16.8 Å². The highest BCUT2D eigenvalue weighted by atomic mass is 35.5. The first-order valence-electron chi connectivity index (χ1n) is 5.83. The van der Waals surface area contributed by atoms with Crippen LogP contribution in [0.3, 0.4) is 0 Å².